The quantitative estimate of drug-likeness (QED) is 0.816. The Bertz CT molecular complexity index is 378. The van der Waals surface area contributed by atoms with Crippen molar-refractivity contribution in [2.24, 2.45) is 11.7 Å². The number of nitrogens with one attached hydrogen (secondary N) is 1. The smallest absolute Gasteiger partial charge is 0.257 e. The highest BCUT2D eigenvalue weighted by Crippen LogP contribution is 2.10. The third kappa shape index (κ3) is 4.10. The molecule has 17 heavy (non-hydrogen) atoms. The Kier molecular flexibility index (Phi) is 4.56. The fraction of sp³-hybridized carbons (Fsp3) is 0.600. The standard InChI is InChI=1S/C10H16F2N4O/c1-6(7(2)13)10(17)15-8-3-14-16(4-8)5-9(11)12/h3-4,6-7,9H,5,13H2,1-2H3,(H,15,17). The number of hydrogen-bond acceptors (Lipinski definition) is 3. The Morgan fingerprint density at radius 2 is 2.24 bits per heavy atom. The SMILES string of the molecule is CC(N)C(C)C(=O)Nc1cnn(CC(F)F)c1. The molecule has 7 heteroatoms. The van der Waals surface area contributed by atoms with Gasteiger partial charge in [0.1, 0.15) is 6.54 Å². The van der Waals surface area contributed by atoms with Crippen molar-refractivity contribution in [2.45, 2.75) is 32.9 Å². The lowest BCUT2D eigenvalue weighted by atomic mass is 10.0. The maximum absolute atomic E-state index is 12.1. The average molecular weight is 246 g/mol. The molecule has 0 bridgehead atoms. The molecule has 1 amide bonds. The summed E-state index contributed by atoms with van der Waals surface area (Å²) in [6.07, 6.45) is 0.216. The molecule has 0 saturated carbocycles. The lowest BCUT2D eigenvalue weighted by molar-refractivity contribution is -0.119. The van der Waals surface area contributed by atoms with Crippen molar-refractivity contribution in [2.75, 3.05) is 5.32 Å². The van der Waals surface area contributed by atoms with Crippen LogP contribution in [0.5, 0.6) is 0 Å². The van der Waals surface area contributed by atoms with E-state index in [2.05, 4.69) is 10.4 Å². The van der Waals surface area contributed by atoms with Crippen LogP contribution in [0.15, 0.2) is 12.4 Å². The highest BCUT2D eigenvalue weighted by atomic mass is 19.3. The molecule has 1 aromatic rings. The number of aromatic nitrogens is 2. The van der Waals surface area contributed by atoms with Gasteiger partial charge >= 0.3 is 0 Å². The van der Waals surface area contributed by atoms with E-state index in [1.165, 1.54) is 12.4 Å². The maximum atomic E-state index is 12.1. The first kappa shape index (κ1) is 13.6. The molecule has 0 spiro atoms. The number of halogens is 2. The largest absolute Gasteiger partial charge is 0.327 e. The summed E-state index contributed by atoms with van der Waals surface area (Å²) in [6, 6.07) is -0.272. The first-order valence-electron chi connectivity index (χ1n) is 5.27. The van der Waals surface area contributed by atoms with Gasteiger partial charge in [-0.1, -0.05) is 6.92 Å². The molecule has 2 atom stereocenters. The van der Waals surface area contributed by atoms with Crippen LogP contribution < -0.4 is 11.1 Å². The molecule has 3 N–H and O–H groups in total. The van der Waals surface area contributed by atoms with Gasteiger partial charge in [0.15, 0.2) is 0 Å². The number of carbonyl (C=O) groups excluding carboxylic acids is 1. The first-order chi connectivity index (χ1) is 7.90. The lowest BCUT2D eigenvalue weighted by Crippen LogP contribution is -2.34. The molecule has 0 aromatic carbocycles. The highest BCUT2D eigenvalue weighted by molar-refractivity contribution is 5.92. The summed E-state index contributed by atoms with van der Waals surface area (Å²) in [6.45, 7) is 2.94. The molecule has 5 nitrogen and oxygen atoms in total. The summed E-state index contributed by atoms with van der Waals surface area (Å²) in [5.41, 5.74) is 5.97. The fourth-order valence-corrected chi connectivity index (χ4v) is 1.16. The van der Waals surface area contributed by atoms with Crippen LogP contribution in [0.3, 0.4) is 0 Å². The van der Waals surface area contributed by atoms with Crippen molar-refractivity contribution >= 4 is 11.6 Å². The first-order valence-corrected chi connectivity index (χ1v) is 5.27. The molecule has 1 aromatic heterocycles. The van der Waals surface area contributed by atoms with Crippen molar-refractivity contribution in [3.05, 3.63) is 12.4 Å². The van der Waals surface area contributed by atoms with Crippen LogP contribution in [0.1, 0.15) is 13.8 Å². The van der Waals surface area contributed by atoms with Crippen molar-refractivity contribution in [1.29, 1.82) is 0 Å². The number of nitrogens with zero attached hydrogens (tertiary/aromatic N) is 2. The number of hydrogen-bond donors (Lipinski definition) is 2. The average Bonchev–Trinajstić information content (AvgIpc) is 2.63. The van der Waals surface area contributed by atoms with Gasteiger partial charge in [-0.05, 0) is 6.92 Å². The predicted molar refractivity (Wildman–Crippen MR) is 59.7 cm³/mol. The molecule has 0 aliphatic rings. The van der Waals surface area contributed by atoms with E-state index in [1.807, 2.05) is 0 Å². The zero-order valence-electron chi connectivity index (χ0n) is 9.73. The van der Waals surface area contributed by atoms with Gasteiger partial charge in [0.25, 0.3) is 6.43 Å². The number of carbonyl (C=O) groups is 1. The van der Waals surface area contributed by atoms with E-state index < -0.39 is 13.0 Å². The summed E-state index contributed by atoms with van der Waals surface area (Å²) >= 11 is 0. The summed E-state index contributed by atoms with van der Waals surface area (Å²) < 4.78 is 25.2. The molecular formula is C10H16F2N4O. The monoisotopic (exact) mass is 246 g/mol. The number of nitrogens with two attached hydrogens (primary N) is 1. The van der Waals surface area contributed by atoms with Crippen molar-refractivity contribution in [3.63, 3.8) is 0 Å². The van der Waals surface area contributed by atoms with Gasteiger partial charge in [0.05, 0.1) is 17.8 Å². The van der Waals surface area contributed by atoms with Crippen LogP contribution in [0.2, 0.25) is 0 Å². The van der Waals surface area contributed by atoms with Crippen LogP contribution in [0.25, 0.3) is 0 Å². The van der Waals surface area contributed by atoms with Gasteiger partial charge in [0, 0.05) is 12.2 Å². The third-order valence-corrected chi connectivity index (χ3v) is 2.43. The van der Waals surface area contributed by atoms with Gasteiger partial charge in [-0.2, -0.15) is 5.10 Å². The van der Waals surface area contributed by atoms with E-state index in [4.69, 9.17) is 5.73 Å². The molecule has 0 aliphatic heterocycles. The van der Waals surface area contributed by atoms with E-state index in [0.717, 1.165) is 4.68 Å². The molecule has 0 aliphatic carbocycles. The Morgan fingerprint density at radius 1 is 1.59 bits per heavy atom. The zero-order valence-corrected chi connectivity index (χ0v) is 9.73. The number of anilines is 1. The van der Waals surface area contributed by atoms with Crippen LogP contribution in [0, 0.1) is 5.92 Å². The Balaban J connectivity index is 2.57. The van der Waals surface area contributed by atoms with Gasteiger partial charge in [-0.3, -0.25) is 9.48 Å². The number of rotatable bonds is 5. The summed E-state index contributed by atoms with van der Waals surface area (Å²) in [5, 5.41) is 6.27. The van der Waals surface area contributed by atoms with E-state index in [1.54, 1.807) is 13.8 Å². The minimum absolute atomic E-state index is 0.253. The van der Waals surface area contributed by atoms with E-state index in [9.17, 15) is 13.6 Å². The molecule has 96 valence electrons. The van der Waals surface area contributed by atoms with E-state index >= 15 is 0 Å². The van der Waals surface area contributed by atoms with Crippen LogP contribution in [-0.4, -0.2) is 28.2 Å². The van der Waals surface area contributed by atoms with E-state index in [-0.39, 0.29) is 17.9 Å². The maximum Gasteiger partial charge on any atom is 0.257 e. The van der Waals surface area contributed by atoms with E-state index in [0.29, 0.717) is 5.69 Å². The van der Waals surface area contributed by atoms with Crippen LogP contribution >= 0.6 is 0 Å². The van der Waals surface area contributed by atoms with Crippen LogP contribution in [0.4, 0.5) is 14.5 Å². The Hall–Kier alpha value is -1.50. The third-order valence-electron chi connectivity index (χ3n) is 2.43. The Morgan fingerprint density at radius 3 is 2.76 bits per heavy atom. The predicted octanol–water partition coefficient (Wildman–Crippen LogP) is 1.07. The molecule has 0 radical (unpaired) electrons. The normalized spacial score (nSPS) is 14.7. The summed E-state index contributed by atoms with van der Waals surface area (Å²) in [5.74, 6) is -0.606. The van der Waals surface area contributed by atoms with Crippen molar-refractivity contribution in [3.8, 4) is 0 Å². The molecule has 0 saturated heterocycles. The molecule has 1 rings (SSSR count). The van der Waals surface area contributed by atoms with Gasteiger partial charge < -0.3 is 11.1 Å². The lowest BCUT2D eigenvalue weighted by Gasteiger charge is -2.14. The van der Waals surface area contributed by atoms with Crippen molar-refractivity contribution in [1.82, 2.24) is 9.78 Å². The minimum Gasteiger partial charge on any atom is -0.327 e. The molecule has 1 heterocycles. The van der Waals surface area contributed by atoms with Gasteiger partial charge in [-0.25, -0.2) is 8.78 Å². The summed E-state index contributed by atoms with van der Waals surface area (Å²) in [7, 11) is 0. The fourth-order valence-electron chi connectivity index (χ4n) is 1.16. The highest BCUT2D eigenvalue weighted by Gasteiger charge is 2.17. The van der Waals surface area contributed by atoms with Gasteiger partial charge in [-0.15, -0.1) is 0 Å². The number of amides is 1. The zero-order chi connectivity index (χ0) is 13.0. The topological polar surface area (TPSA) is 72.9 Å². The second-order valence-corrected chi connectivity index (χ2v) is 3.98. The van der Waals surface area contributed by atoms with Crippen LogP contribution in [-0.2, 0) is 11.3 Å². The molecule has 0 fully saturated rings. The second kappa shape index (κ2) is 5.72. The summed E-state index contributed by atoms with van der Waals surface area (Å²) in [4.78, 5) is 11.6. The number of alkyl halides is 2. The van der Waals surface area contributed by atoms with Crippen molar-refractivity contribution < 1.29 is 13.6 Å². The molecule has 2 unspecified atom stereocenters. The second-order valence-electron chi connectivity index (χ2n) is 3.98. The Labute approximate surface area is 98.0 Å². The van der Waals surface area contributed by atoms with Gasteiger partial charge in [0.2, 0.25) is 5.91 Å². The minimum atomic E-state index is -2.47. The molecular weight excluding hydrogens is 230 g/mol.